The van der Waals surface area contributed by atoms with E-state index < -0.39 is 48.4 Å². The number of thioether (sulfide) groups is 1. The Morgan fingerprint density at radius 2 is 1.84 bits per heavy atom. The number of nitrogens with one attached hydrogen (secondary N) is 2. The number of imide groups is 1. The van der Waals surface area contributed by atoms with Crippen LogP contribution in [0.3, 0.4) is 0 Å². The van der Waals surface area contributed by atoms with Crippen molar-refractivity contribution in [2.75, 3.05) is 58.8 Å². The van der Waals surface area contributed by atoms with E-state index in [1.807, 2.05) is 41.2 Å². The fourth-order valence-corrected chi connectivity index (χ4v) is 8.45. The number of alkyl halides is 1. The predicted molar refractivity (Wildman–Crippen MR) is 209 cm³/mol. The molecule has 4 atom stereocenters. The average molecular weight is 813 g/mol. The first-order chi connectivity index (χ1) is 27.6. The maximum absolute atomic E-state index is 15.3. The summed E-state index contributed by atoms with van der Waals surface area (Å²) in [5.74, 6) is -2.40. The molecule has 16 heteroatoms. The van der Waals surface area contributed by atoms with E-state index in [1.54, 1.807) is 11.1 Å². The number of imidazole rings is 1. The van der Waals surface area contributed by atoms with Gasteiger partial charge in [0.05, 0.1) is 17.0 Å². The number of alkyl carbamates (subject to hydrolysis) is 1. The van der Waals surface area contributed by atoms with E-state index in [9.17, 15) is 23.6 Å². The molecule has 57 heavy (non-hydrogen) atoms. The van der Waals surface area contributed by atoms with Crippen molar-refractivity contribution in [1.82, 2.24) is 30.0 Å². The number of amides is 4. The highest BCUT2D eigenvalue weighted by Gasteiger charge is 2.41. The van der Waals surface area contributed by atoms with Crippen LogP contribution in [0.25, 0.3) is 11.3 Å². The van der Waals surface area contributed by atoms with Crippen molar-refractivity contribution in [3.8, 4) is 11.3 Å². The number of rotatable bonds is 18. The first-order valence-corrected chi connectivity index (χ1v) is 21.0. The van der Waals surface area contributed by atoms with E-state index in [2.05, 4.69) is 10.6 Å². The van der Waals surface area contributed by atoms with Gasteiger partial charge in [0.2, 0.25) is 11.8 Å². The Labute approximate surface area is 335 Å². The normalized spacial score (nSPS) is 20.6. The predicted octanol–water partition coefficient (Wildman–Crippen LogP) is 5.51. The topological polar surface area (TPSA) is 135 Å². The minimum atomic E-state index is -1.22. The third kappa shape index (κ3) is 11.0. The largest absolute Gasteiger partial charge is 0.439 e. The quantitative estimate of drug-likeness (QED) is 0.126. The fraction of sp³-hybridized carbons (Fsp3) is 0.537. The molecular formula is C41H51F3N6O6S. The number of hydrogen-bond acceptors (Lipinski definition) is 9. The Balaban J connectivity index is 1.17. The summed E-state index contributed by atoms with van der Waals surface area (Å²) in [6, 6.07) is 12.0. The molecule has 0 spiro atoms. The number of nitrogens with zero attached hydrogens (tertiary/aromatic N) is 4. The summed E-state index contributed by atoms with van der Waals surface area (Å²) in [7, 11) is 0. The molecule has 4 unspecified atom stereocenters. The van der Waals surface area contributed by atoms with E-state index in [0.29, 0.717) is 70.9 Å². The van der Waals surface area contributed by atoms with Gasteiger partial charge in [-0.15, -0.1) is 0 Å². The molecular weight excluding hydrogens is 762 g/mol. The number of unbranched alkanes of at least 4 members (excludes halogenated alkanes) is 3. The Kier molecular flexibility index (Phi) is 15.1. The zero-order valence-corrected chi connectivity index (χ0v) is 33.0. The van der Waals surface area contributed by atoms with Gasteiger partial charge in [0.15, 0.2) is 6.61 Å². The van der Waals surface area contributed by atoms with E-state index in [1.165, 1.54) is 16.7 Å². The van der Waals surface area contributed by atoms with Gasteiger partial charge in [0.1, 0.15) is 23.6 Å². The Morgan fingerprint density at radius 3 is 2.56 bits per heavy atom. The van der Waals surface area contributed by atoms with E-state index >= 15 is 8.78 Å². The van der Waals surface area contributed by atoms with Gasteiger partial charge in [-0.25, -0.2) is 22.9 Å². The smallest absolute Gasteiger partial charge is 0.407 e. The summed E-state index contributed by atoms with van der Waals surface area (Å²) in [4.78, 5) is 59.4. The van der Waals surface area contributed by atoms with Crippen LogP contribution < -0.4 is 10.6 Å². The van der Waals surface area contributed by atoms with Gasteiger partial charge in [-0.05, 0) is 61.6 Å². The average Bonchev–Trinajstić information content (AvgIpc) is 3.90. The van der Waals surface area contributed by atoms with Crippen molar-refractivity contribution in [1.29, 1.82) is 0 Å². The second-order valence-corrected chi connectivity index (χ2v) is 15.9. The summed E-state index contributed by atoms with van der Waals surface area (Å²) < 4.78 is 57.9. The number of ether oxygens (including phenoxy) is 2. The third-order valence-electron chi connectivity index (χ3n) is 10.9. The van der Waals surface area contributed by atoms with Crippen LogP contribution in [0.4, 0.5) is 18.0 Å². The number of hydrogen-bond donors (Lipinski definition) is 2. The molecule has 0 saturated carbocycles. The molecule has 2 N–H and O–H groups in total. The molecule has 6 rings (SSSR count). The molecule has 0 bridgehead atoms. The van der Waals surface area contributed by atoms with Gasteiger partial charge < -0.3 is 29.6 Å². The Bertz CT molecular complexity index is 1850. The standard InChI is InChI=1S/C41H51F3N6O6S/c1-57-35-20-36(51)49(40(35)53)16-8-3-2-7-15-46-41(54)56-26-37(52)50(24-29-21-45-22-33(29)44)38(28-13-17-55-18-14-28)39-47-34(31-19-30(42)11-12-32(31)43)25-48(39)23-27-9-5-4-6-10-27/h4-6,9-12,19,25,28-29,33,35,38,45H,2-3,7-8,13-18,20-24,26H2,1H3,(H,46,54). The molecule has 3 saturated heterocycles. The van der Waals surface area contributed by atoms with Crippen molar-refractivity contribution in [3.63, 3.8) is 0 Å². The van der Waals surface area contributed by atoms with Gasteiger partial charge in [-0.1, -0.05) is 43.2 Å². The molecule has 0 aliphatic carbocycles. The SMILES string of the molecule is CSC1CC(=O)N(CCCCCCNC(=O)OCC(=O)N(CC2CNCC2F)C(c2nc(-c3cc(F)ccc3F)cn2Cc2ccccc2)C2CCOCC2)C1=O. The van der Waals surface area contributed by atoms with E-state index in [4.69, 9.17) is 14.5 Å². The molecule has 0 radical (unpaired) electrons. The molecule has 3 fully saturated rings. The summed E-state index contributed by atoms with van der Waals surface area (Å²) in [6.07, 6.45) is 5.65. The molecule has 3 aliphatic rings. The third-order valence-corrected chi connectivity index (χ3v) is 11.9. The Hall–Kier alpha value is -4.41. The number of benzene rings is 2. The maximum atomic E-state index is 15.3. The molecule has 2 aromatic carbocycles. The lowest BCUT2D eigenvalue weighted by Crippen LogP contribution is -2.47. The second kappa shape index (κ2) is 20.3. The summed E-state index contributed by atoms with van der Waals surface area (Å²) in [5, 5.41) is 5.45. The molecule has 1 aromatic heterocycles. The molecule has 3 aromatic rings. The van der Waals surface area contributed by atoms with Crippen LogP contribution in [0.1, 0.15) is 62.4 Å². The molecule has 12 nitrogen and oxygen atoms in total. The van der Waals surface area contributed by atoms with Crippen LogP contribution >= 0.6 is 11.8 Å². The maximum Gasteiger partial charge on any atom is 0.407 e. The van der Waals surface area contributed by atoms with Crippen molar-refractivity contribution in [2.24, 2.45) is 11.8 Å². The molecule has 3 aliphatic heterocycles. The number of likely N-dealkylation sites (tertiary alicyclic amines) is 1. The van der Waals surface area contributed by atoms with Crippen LogP contribution in [-0.4, -0.2) is 113 Å². The first kappa shape index (κ1) is 42.2. The fourth-order valence-electron chi connectivity index (χ4n) is 7.81. The highest BCUT2D eigenvalue weighted by Crippen LogP contribution is 2.38. The molecule has 308 valence electrons. The van der Waals surface area contributed by atoms with Crippen LogP contribution in [-0.2, 0) is 30.4 Å². The van der Waals surface area contributed by atoms with Crippen molar-refractivity contribution in [3.05, 3.63) is 77.8 Å². The van der Waals surface area contributed by atoms with Gasteiger partial charge in [0.25, 0.3) is 5.91 Å². The van der Waals surface area contributed by atoms with Gasteiger partial charge in [-0.3, -0.25) is 19.3 Å². The first-order valence-electron chi connectivity index (χ1n) is 19.7. The minimum absolute atomic E-state index is 0.00835. The Morgan fingerprint density at radius 1 is 1.07 bits per heavy atom. The summed E-state index contributed by atoms with van der Waals surface area (Å²) in [6.45, 7) is 1.73. The van der Waals surface area contributed by atoms with Gasteiger partial charge in [0, 0.05) is 76.6 Å². The van der Waals surface area contributed by atoms with Crippen LogP contribution in [0, 0.1) is 23.5 Å². The minimum Gasteiger partial charge on any atom is -0.439 e. The second-order valence-electron chi connectivity index (χ2n) is 14.8. The monoisotopic (exact) mass is 812 g/mol. The summed E-state index contributed by atoms with van der Waals surface area (Å²) >= 11 is 1.39. The van der Waals surface area contributed by atoms with Crippen LogP contribution in [0.5, 0.6) is 0 Å². The summed E-state index contributed by atoms with van der Waals surface area (Å²) in [5.41, 5.74) is 1.07. The van der Waals surface area contributed by atoms with E-state index in [-0.39, 0.29) is 53.7 Å². The highest BCUT2D eigenvalue weighted by molar-refractivity contribution is 8.00. The van der Waals surface area contributed by atoms with Gasteiger partial charge >= 0.3 is 6.09 Å². The lowest BCUT2D eigenvalue weighted by Gasteiger charge is -2.39. The number of halogens is 3. The lowest BCUT2D eigenvalue weighted by atomic mass is 9.88. The number of aromatic nitrogens is 2. The zero-order chi connectivity index (χ0) is 40.3. The zero-order valence-electron chi connectivity index (χ0n) is 32.2. The highest BCUT2D eigenvalue weighted by atomic mass is 32.2. The molecule has 4 heterocycles. The number of carbonyl (C=O) groups is 4. The van der Waals surface area contributed by atoms with Crippen molar-refractivity contribution >= 4 is 35.6 Å². The van der Waals surface area contributed by atoms with Crippen molar-refractivity contribution < 1.29 is 41.8 Å². The molecule has 4 amide bonds. The number of carbonyl (C=O) groups excluding carboxylic acids is 4. The van der Waals surface area contributed by atoms with Gasteiger partial charge in [-0.2, -0.15) is 11.8 Å². The lowest BCUT2D eigenvalue weighted by molar-refractivity contribution is -0.141. The van der Waals surface area contributed by atoms with Crippen LogP contribution in [0.2, 0.25) is 0 Å². The van der Waals surface area contributed by atoms with E-state index in [0.717, 1.165) is 36.6 Å². The van der Waals surface area contributed by atoms with Crippen LogP contribution in [0.15, 0.2) is 54.7 Å². The van der Waals surface area contributed by atoms with Crippen molar-refractivity contribution in [2.45, 2.75) is 69.0 Å².